The van der Waals surface area contributed by atoms with E-state index in [1.54, 1.807) is 21.8 Å². The van der Waals surface area contributed by atoms with Crippen molar-refractivity contribution in [2.75, 3.05) is 18.0 Å². The minimum absolute atomic E-state index is 0.115. The molecule has 1 aliphatic heterocycles. The van der Waals surface area contributed by atoms with Gasteiger partial charge in [0.15, 0.2) is 11.5 Å². The zero-order valence-corrected chi connectivity index (χ0v) is 19.3. The minimum Gasteiger partial charge on any atom is -0.372 e. The van der Waals surface area contributed by atoms with E-state index in [1.165, 1.54) is 0 Å². The molecule has 1 saturated heterocycles. The Bertz CT molecular complexity index is 1350. The summed E-state index contributed by atoms with van der Waals surface area (Å²) in [7, 11) is 0. The number of carbonyl (C=O) groups is 1. The molecule has 7 nitrogen and oxygen atoms in total. The summed E-state index contributed by atoms with van der Waals surface area (Å²) in [6, 6.07) is 7.75. The van der Waals surface area contributed by atoms with Crippen LogP contribution in [0.15, 0.2) is 36.7 Å². The van der Waals surface area contributed by atoms with Crippen LogP contribution in [0.5, 0.6) is 0 Å². The molecule has 0 radical (unpaired) electrons. The Hall–Kier alpha value is -3.45. The van der Waals surface area contributed by atoms with Crippen molar-refractivity contribution in [3.63, 3.8) is 0 Å². The second-order valence-electron chi connectivity index (χ2n) is 8.14. The molecule has 168 valence electrons. The number of halogens is 1. The summed E-state index contributed by atoms with van der Waals surface area (Å²) in [5, 5.41) is 10.4. The first-order chi connectivity index (χ1) is 16.0. The zero-order valence-electron chi connectivity index (χ0n) is 18.5. The van der Waals surface area contributed by atoms with E-state index in [-0.39, 0.29) is 18.9 Å². The highest BCUT2D eigenvalue weighted by atomic mass is 32.1. The Balaban J connectivity index is 0.000000821. The number of primary amides is 1. The van der Waals surface area contributed by atoms with Crippen LogP contribution in [0.2, 0.25) is 12.1 Å². The number of pyridine rings is 2. The van der Waals surface area contributed by atoms with Gasteiger partial charge in [0.25, 0.3) is 6.71 Å². The van der Waals surface area contributed by atoms with Gasteiger partial charge in [0.2, 0.25) is 6.41 Å². The fourth-order valence-electron chi connectivity index (χ4n) is 4.39. The lowest BCUT2D eigenvalue weighted by atomic mass is 9.40. The van der Waals surface area contributed by atoms with E-state index in [9.17, 15) is 9.65 Å². The number of aryl methyl sites for hydroxylation is 1. The minimum atomic E-state index is -0.321. The summed E-state index contributed by atoms with van der Waals surface area (Å²) in [5.41, 5.74) is 6.13. The Labute approximate surface area is 195 Å². The fourth-order valence-corrected chi connectivity index (χ4v) is 5.40. The molecule has 10 heteroatoms. The third-order valence-electron chi connectivity index (χ3n) is 6.00. The summed E-state index contributed by atoms with van der Waals surface area (Å²) < 4.78 is 16.2. The standard InChI is InChI=1S/C22H21BFN5S.CH3NO/c1-3-23(13-25)17-6-7-28(12-17)20-5-4-15-9-19(30-22(15)27-20)16-8-18(24)21-26-14(2)10-29(21)11-16;2-1-3/h4-5,8-11,17H,3,6-7,12H2,1-2H3;1H,(H2,2,3). The number of nitriles is 1. The molecule has 5 heterocycles. The number of amides is 1. The van der Waals surface area contributed by atoms with Crippen LogP contribution in [0, 0.1) is 24.0 Å². The topological polar surface area (TPSA) is 100 Å². The monoisotopic (exact) mass is 462 g/mol. The first-order valence-electron chi connectivity index (χ1n) is 10.8. The summed E-state index contributed by atoms with van der Waals surface area (Å²) in [6.07, 6.45) is 5.93. The molecule has 1 unspecified atom stereocenters. The van der Waals surface area contributed by atoms with Crippen molar-refractivity contribution in [1.29, 1.82) is 5.26 Å². The zero-order chi connectivity index (χ0) is 23.5. The number of imidazole rings is 1. The fraction of sp³-hybridized carbons (Fsp3) is 0.304. The van der Waals surface area contributed by atoms with Crippen molar-refractivity contribution in [1.82, 2.24) is 14.4 Å². The Morgan fingerprint density at radius 1 is 1.36 bits per heavy atom. The first kappa shape index (κ1) is 22.7. The summed E-state index contributed by atoms with van der Waals surface area (Å²) in [6.45, 7) is 5.87. The molecular weight excluding hydrogens is 438 g/mol. The van der Waals surface area contributed by atoms with Gasteiger partial charge in [0.1, 0.15) is 10.6 Å². The maximum Gasteiger partial charge on any atom is 0.272 e. The largest absolute Gasteiger partial charge is 0.372 e. The molecule has 0 bridgehead atoms. The van der Waals surface area contributed by atoms with Crippen LogP contribution in [0.1, 0.15) is 19.0 Å². The van der Waals surface area contributed by atoms with Gasteiger partial charge < -0.3 is 15.0 Å². The van der Waals surface area contributed by atoms with Crippen LogP contribution in [0.3, 0.4) is 0 Å². The van der Waals surface area contributed by atoms with Gasteiger partial charge >= 0.3 is 0 Å². The second kappa shape index (κ2) is 9.59. The molecule has 1 aliphatic rings. The van der Waals surface area contributed by atoms with Gasteiger partial charge in [-0.1, -0.05) is 13.2 Å². The third kappa shape index (κ3) is 4.55. The molecule has 33 heavy (non-hydrogen) atoms. The van der Waals surface area contributed by atoms with Crippen molar-refractivity contribution in [2.45, 2.75) is 32.4 Å². The molecule has 2 N–H and O–H groups in total. The number of carbonyl (C=O) groups excluding carboxylic acids is 1. The first-order valence-corrected chi connectivity index (χ1v) is 11.6. The molecular formula is C23H24BFN6OS. The summed E-state index contributed by atoms with van der Waals surface area (Å²) >= 11 is 1.57. The highest BCUT2D eigenvalue weighted by Gasteiger charge is 2.32. The number of thiophene rings is 1. The molecule has 0 aromatic carbocycles. The van der Waals surface area contributed by atoms with E-state index in [4.69, 9.17) is 9.78 Å². The molecule has 4 aromatic heterocycles. The lowest BCUT2D eigenvalue weighted by Crippen LogP contribution is -2.24. The van der Waals surface area contributed by atoms with Crippen molar-refractivity contribution in [3.8, 4) is 16.4 Å². The third-order valence-corrected chi connectivity index (χ3v) is 7.10. The Morgan fingerprint density at radius 3 is 2.88 bits per heavy atom. The predicted octanol–water partition coefficient (Wildman–Crippen LogP) is 4.32. The van der Waals surface area contributed by atoms with Crippen molar-refractivity contribution in [3.05, 3.63) is 48.2 Å². The quantitative estimate of drug-likeness (QED) is 0.360. The van der Waals surface area contributed by atoms with Crippen LogP contribution >= 0.6 is 11.3 Å². The molecule has 0 spiro atoms. The van der Waals surface area contributed by atoms with Crippen LogP contribution < -0.4 is 10.6 Å². The number of nitrogens with zero attached hydrogens (tertiary/aromatic N) is 5. The van der Waals surface area contributed by atoms with E-state index in [0.717, 1.165) is 58.0 Å². The molecule has 0 aliphatic carbocycles. The summed E-state index contributed by atoms with van der Waals surface area (Å²) in [4.78, 5) is 21.9. The second-order valence-corrected chi connectivity index (χ2v) is 9.17. The molecule has 1 atom stereocenters. The van der Waals surface area contributed by atoms with Crippen LogP contribution in [0.4, 0.5) is 10.2 Å². The Kier molecular flexibility index (Phi) is 6.61. The van der Waals surface area contributed by atoms with E-state index in [1.807, 2.05) is 19.3 Å². The lowest BCUT2D eigenvalue weighted by molar-refractivity contribution is -0.106. The van der Waals surface area contributed by atoms with Crippen molar-refractivity contribution >= 4 is 46.1 Å². The average Bonchev–Trinajstić information content (AvgIpc) is 3.52. The average molecular weight is 462 g/mol. The predicted molar refractivity (Wildman–Crippen MR) is 131 cm³/mol. The van der Waals surface area contributed by atoms with E-state index >= 15 is 0 Å². The number of aromatic nitrogens is 3. The van der Waals surface area contributed by atoms with Gasteiger partial charge in [-0.15, -0.1) is 11.3 Å². The Morgan fingerprint density at radius 2 is 2.15 bits per heavy atom. The molecule has 1 fully saturated rings. The molecule has 5 rings (SSSR count). The van der Waals surface area contributed by atoms with E-state index < -0.39 is 0 Å². The van der Waals surface area contributed by atoms with Crippen LogP contribution in [0.25, 0.3) is 26.3 Å². The van der Waals surface area contributed by atoms with Crippen LogP contribution in [-0.4, -0.2) is 40.6 Å². The van der Waals surface area contributed by atoms with Gasteiger partial charge in [-0.2, -0.15) is 0 Å². The highest BCUT2D eigenvalue weighted by Crippen LogP contribution is 2.36. The van der Waals surface area contributed by atoms with Gasteiger partial charge in [-0.3, -0.25) is 4.79 Å². The molecule has 4 aromatic rings. The number of nitrogens with two attached hydrogens (primary N) is 1. The normalized spacial score (nSPS) is 15.3. The van der Waals surface area contributed by atoms with Crippen molar-refractivity contribution < 1.29 is 9.18 Å². The lowest BCUT2D eigenvalue weighted by Gasteiger charge is -2.18. The number of hydrogen-bond acceptors (Lipinski definition) is 6. The van der Waals surface area contributed by atoms with Crippen LogP contribution in [-0.2, 0) is 4.79 Å². The highest BCUT2D eigenvalue weighted by molar-refractivity contribution is 7.21. The van der Waals surface area contributed by atoms with Gasteiger partial charge in [0, 0.05) is 47.3 Å². The van der Waals surface area contributed by atoms with Gasteiger partial charge in [-0.25, -0.2) is 19.6 Å². The van der Waals surface area contributed by atoms with E-state index in [2.05, 4.69) is 46.7 Å². The smallest absolute Gasteiger partial charge is 0.272 e. The number of rotatable bonds is 4. The molecule has 1 amide bonds. The van der Waals surface area contributed by atoms with Gasteiger partial charge in [0.05, 0.1) is 5.69 Å². The SMILES string of the molecule is CCB(C#N)C1CCN(c2ccc3cc(-c4cc(F)c5nc(C)cn5c4)sc3n2)C1.NC=O. The number of fused-ring (bicyclic) bond motifs is 2. The summed E-state index contributed by atoms with van der Waals surface area (Å²) in [5.74, 6) is 3.50. The van der Waals surface area contributed by atoms with E-state index in [0.29, 0.717) is 11.5 Å². The maximum atomic E-state index is 14.5. The van der Waals surface area contributed by atoms with Gasteiger partial charge in [-0.05, 0) is 43.4 Å². The molecule has 0 saturated carbocycles. The number of anilines is 1. The number of hydrogen-bond donors (Lipinski definition) is 1. The van der Waals surface area contributed by atoms with Crippen molar-refractivity contribution in [2.24, 2.45) is 5.73 Å². The maximum absolute atomic E-state index is 14.5.